The van der Waals surface area contributed by atoms with E-state index in [-0.39, 0.29) is 35.8 Å². The Labute approximate surface area is 146 Å². The quantitative estimate of drug-likeness (QED) is 0.261. The van der Waals surface area contributed by atoms with Gasteiger partial charge in [0.15, 0.2) is 5.96 Å². The Bertz CT molecular complexity index is 304. The van der Waals surface area contributed by atoms with Gasteiger partial charge in [-0.05, 0) is 19.3 Å². The third-order valence-electron chi connectivity index (χ3n) is 3.74. The van der Waals surface area contributed by atoms with Crippen LogP contribution in [-0.4, -0.2) is 38.5 Å². The fourth-order valence-corrected chi connectivity index (χ4v) is 2.48. The summed E-state index contributed by atoms with van der Waals surface area (Å²) in [5, 5.41) is 9.47. The second-order valence-corrected chi connectivity index (χ2v) is 5.41. The van der Waals surface area contributed by atoms with Crippen LogP contribution in [0.15, 0.2) is 4.99 Å². The normalized spacial score (nSPS) is 16.0. The number of halogens is 1. The number of aliphatic imine (C=N–C) groups is 1. The van der Waals surface area contributed by atoms with Crippen LogP contribution in [0.5, 0.6) is 0 Å². The van der Waals surface area contributed by atoms with Crippen molar-refractivity contribution in [3.8, 4) is 0 Å². The molecule has 0 aromatic heterocycles. The Hall–Kier alpha value is -0.530. The zero-order chi connectivity index (χ0) is 14.6. The van der Waals surface area contributed by atoms with Crippen molar-refractivity contribution in [3.05, 3.63) is 0 Å². The molecule has 5 nitrogen and oxygen atoms in total. The first-order valence-corrected chi connectivity index (χ1v) is 8.00. The average molecular weight is 410 g/mol. The van der Waals surface area contributed by atoms with Gasteiger partial charge in [-0.15, -0.1) is 24.0 Å². The predicted molar refractivity (Wildman–Crippen MR) is 99.3 cm³/mol. The summed E-state index contributed by atoms with van der Waals surface area (Å²) in [6, 6.07) is 0. The predicted octanol–water partition coefficient (Wildman–Crippen LogP) is 2.27. The molecular formula is C15H31IN4O. The summed E-state index contributed by atoms with van der Waals surface area (Å²) in [7, 11) is 1.77. The van der Waals surface area contributed by atoms with E-state index >= 15 is 0 Å². The number of rotatable bonds is 7. The molecule has 0 aliphatic heterocycles. The fourth-order valence-electron chi connectivity index (χ4n) is 2.48. The maximum Gasteiger partial charge on any atom is 0.223 e. The number of unbranched alkanes of at least 4 members (excludes halogenated alkanes) is 1. The molecular weight excluding hydrogens is 379 g/mol. The van der Waals surface area contributed by atoms with E-state index in [0.717, 1.165) is 31.8 Å². The minimum Gasteiger partial charge on any atom is -0.356 e. The van der Waals surface area contributed by atoms with Crippen LogP contribution in [0.1, 0.15) is 51.9 Å². The van der Waals surface area contributed by atoms with Crippen molar-refractivity contribution < 1.29 is 4.79 Å². The summed E-state index contributed by atoms with van der Waals surface area (Å²) < 4.78 is 0. The first kappa shape index (κ1) is 20.5. The lowest BCUT2D eigenvalue weighted by atomic mass is 9.89. The van der Waals surface area contributed by atoms with Crippen molar-refractivity contribution in [2.45, 2.75) is 51.9 Å². The minimum atomic E-state index is 0. The fraction of sp³-hybridized carbons (Fsp3) is 0.867. The molecule has 0 heterocycles. The van der Waals surface area contributed by atoms with E-state index in [4.69, 9.17) is 0 Å². The van der Waals surface area contributed by atoms with Crippen molar-refractivity contribution >= 4 is 35.8 Å². The van der Waals surface area contributed by atoms with Crippen molar-refractivity contribution in [2.24, 2.45) is 10.9 Å². The minimum absolute atomic E-state index is 0. The zero-order valence-electron chi connectivity index (χ0n) is 13.4. The first-order chi connectivity index (χ1) is 9.77. The molecule has 0 aromatic rings. The molecule has 1 amide bonds. The number of carbonyl (C=O) groups excluding carboxylic acids is 1. The molecule has 1 aliphatic rings. The molecule has 0 radical (unpaired) electrons. The molecule has 0 bridgehead atoms. The molecule has 1 fully saturated rings. The van der Waals surface area contributed by atoms with E-state index in [1.165, 1.54) is 25.7 Å². The van der Waals surface area contributed by atoms with E-state index in [1.807, 2.05) is 0 Å². The maximum absolute atomic E-state index is 11.9. The Morgan fingerprint density at radius 1 is 1.05 bits per heavy atom. The molecule has 0 aromatic carbocycles. The van der Waals surface area contributed by atoms with Crippen molar-refractivity contribution in [1.29, 1.82) is 0 Å². The lowest BCUT2D eigenvalue weighted by Crippen LogP contribution is -2.42. The van der Waals surface area contributed by atoms with Gasteiger partial charge in [0, 0.05) is 32.6 Å². The third-order valence-corrected chi connectivity index (χ3v) is 3.74. The largest absolute Gasteiger partial charge is 0.356 e. The smallest absolute Gasteiger partial charge is 0.223 e. The molecule has 124 valence electrons. The Balaban J connectivity index is 0.00000400. The molecule has 1 aliphatic carbocycles. The number of hydrogen-bond acceptors (Lipinski definition) is 2. The maximum atomic E-state index is 11.9. The number of guanidine groups is 1. The number of hydrogen-bond donors (Lipinski definition) is 3. The van der Waals surface area contributed by atoms with Gasteiger partial charge in [0.2, 0.25) is 5.91 Å². The highest BCUT2D eigenvalue weighted by Crippen LogP contribution is 2.23. The SMILES string of the molecule is CCCCNC(=NC)NCCNC(=O)C1CCCCC1.I. The molecule has 1 rings (SSSR count). The lowest BCUT2D eigenvalue weighted by molar-refractivity contribution is -0.125. The molecule has 21 heavy (non-hydrogen) atoms. The van der Waals surface area contributed by atoms with Crippen LogP contribution in [0, 0.1) is 5.92 Å². The van der Waals surface area contributed by atoms with Crippen LogP contribution < -0.4 is 16.0 Å². The Morgan fingerprint density at radius 2 is 1.67 bits per heavy atom. The van der Waals surface area contributed by atoms with Gasteiger partial charge in [-0.2, -0.15) is 0 Å². The number of nitrogens with zero attached hydrogens (tertiary/aromatic N) is 1. The van der Waals surface area contributed by atoms with Crippen LogP contribution in [0.3, 0.4) is 0 Å². The van der Waals surface area contributed by atoms with Crippen LogP contribution >= 0.6 is 24.0 Å². The number of carbonyl (C=O) groups is 1. The summed E-state index contributed by atoms with van der Waals surface area (Å²) >= 11 is 0. The van der Waals surface area contributed by atoms with Crippen molar-refractivity contribution in [2.75, 3.05) is 26.7 Å². The van der Waals surface area contributed by atoms with Gasteiger partial charge >= 0.3 is 0 Å². The molecule has 3 N–H and O–H groups in total. The van der Waals surface area contributed by atoms with E-state index in [1.54, 1.807) is 7.05 Å². The zero-order valence-corrected chi connectivity index (χ0v) is 15.7. The van der Waals surface area contributed by atoms with Crippen LogP contribution in [-0.2, 0) is 4.79 Å². The summed E-state index contributed by atoms with van der Waals surface area (Å²) in [5.74, 6) is 1.27. The summed E-state index contributed by atoms with van der Waals surface area (Å²) in [4.78, 5) is 16.1. The highest BCUT2D eigenvalue weighted by molar-refractivity contribution is 14.0. The molecule has 0 spiro atoms. The molecule has 1 saturated carbocycles. The van der Waals surface area contributed by atoms with Crippen molar-refractivity contribution in [3.63, 3.8) is 0 Å². The summed E-state index contributed by atoms with van der Waals surface area (Å²) in [5.41, 5.74) is 0. The highest BCUT2D eigenvalue weighted by atomic mass is 127. The van der Waals surface area contributed by atoms with Gasteiger partial charge in [0.05, 0.1) is 0 Å². The van der Waals surface area contributed by atoms with Crippen LogP contribution in [0.25, 0.3) is 0 Å². The summed E-state index contributed by atoms with van der Waals surface area (Å²) in [6.45, 7) is 4.47. The van der Waals surface area contributed by atoms with Gasteiger partial charge in [-0.3, -0.25) is 9.79 Å². The average Bonchev–Trinajstić information content (AvgIpc) is 2.50. The first-order valence-electron chi connectivity index (χ1n) is 8.00. The number of nitrogens with one attached hydrogen (secondary N) is 3. The third kappa shape index (κ3) is 9.16. The number of amides is 1. The second kappa shape index (κ2) is 13.2. The van der Waals surface area contributed by atoms with E-state index in [2.05, 4.69) is 27.9 Å². The Kier molecular flexibility index (Phi) is 12.8. The summed E-state index contributed by atoms with van der Waals surface area (Å²) in [6.07, 6.45) is 8.10. The second-order valence-electron chi connectivity index (χ2n) is 5.41. The van der Waals surface area contributed by atoms with Crippen LogP contribution in [0.2, 0.25) is 0 Å². The van der Waals surface area contributed by atoms with Gasteiger partial charge < -0.3 is 16.0 Å². The lowest BCUT2D eigenvalue weighted by Gasteiger charge is -2.21. The van der Waals surface area contributed by atoms with E-state index in [0.29, 0.717) is 13.1 Å². The van der Waals surface area contributed by atoms with Gasteiger partial charge in [-0.1, -0.05) is 32.6 Å². The van der Waals surface area contributed by atoms with Gasteiger partial charge in [-0.25, -0.2) is 0 Å². The molecule has 0 saturated heterocycles. The molecule has 0 unspecified atom stereocenters. The Morgan fingerprint density at radius 3 is 2.29 bits per heavy atom. The van der Waals surface area contributed by atoms with E-state index in [9.17, 15) is 4.79 Å². The topological polar surface area (TPSA) is 65.5 Å². The van der Waals surface area contributed by atoms with Gasteiger partial charge in [0.1, 0.15) is 0 Å². The van der Waals surface area contributed by atoms with Crippen molar-refractivity contribution in [1.82, 2.24) is 16.0 Å². The van der Waals surface area contributed by atoms with Gasteiger partial charge in [0.25, 0.3) is 0 Å². The highest BCUT2D eigenvalue weighted by Gasteiger charge is 2.20. The standard InChI is InChI=1S/C15H30N4O.HI/c1-3-4-10-18-15(16-2)19-12-11-17-14(20)13-8-6-5-7-9-13;/h13H,3-12H2,1-2H3,(H,17,20)(H2,16,18,19);1H. The molecule has 0 atom stereocenters. The molecule has 6 heteroatoms. The van der Waals surface area contributed by atoms with Crippen LogP contribution in [0.4, 0.5) is 0 Å². The monoisotopic (exact) mass is 410 g/mol. The van der Waals surface area contributed by atoms with E-state index < -0.39 is 0 Å².